The monoisotopic (exact) mass is 779 g/mol. The molecule has 0 heterocycles. The number of carbonyl (C=O) groups is 3. The third-order valence-electron chi connectivity index (χ3n) is 10.4. The Morgan fingerprint density at radius 1 is 0.545 bits per heavy atom. The lowest BCUT2D eigenvalue weighted by molar-refractivity contribution is -0.887. The van der Waals surface area contributed by atoms with Crippen LogP contribution >= 0.6 is 0 Å². The van der Waals surface area contributed by atoms with Crippen molar-refractivity contribution in [1.82, 2.24) is 0 Å². The normalized spacial score (nSPS) is 13.1. The van der Waals surface area contributed by atoms with E-state index in [1.54, 1.807) is 0 Å². The average Bonchev–Trinajstić information content (AvgIpc) is 3.14. The van der Waals surface area contributed by atoms with Crippen LogP contribution in [0.3, 0.4) is 0 Å². The van der Waals surface area contributed by atoms with E-state index in [4.69, 9.17) is 14.2 Å². The minimum absolute atomic E-state index is 0.0499. The van der Waals surface area contributed by atoms with E-state index in [0.29, 0.717) is 19.3 Å². The molecule has 2 atom stereocenters. The molecule has 0 aromatic carbocycles. The van der Waals surface area contributed by atoms with Gasteiger partial charge in [0.15, 0.2) is 12.1 Å². The number of hydrogen-bond donors (Lipinski definition) is 1. The average molecular weight is 779 g/mol. The summed E-state index contributed by atoms with van der Waals surface area (Å²) in [6.07, 6.45) is 42.1. The number of carbonyl (C=O) groups excluding carboxylic acids is 2. The van der Waals surface area contributed by atoms with Crippen LogP contribution in [0.2, 0.25) is 0 Å². The van der Waals surface area contributed by atoms with Crippen molar-refractivity contribution in [2.75, 3.05) is 41.0 Å². The van der Waals surface area contributed by atoms with Crippen LogP contribution in [0.1, 0.15) is 206 Å². The van der Waals surface area contributed by atoms with Crippen molar-refractivity contribution in [1.29, 1.82) is 0 Å². The molecule has 0 aliphatic rings. The van der Waals surface area contributed by atoms with E-state index in [1.165, 1.54) is 122 Å². The summed E-state index contributed by atoms with van der Waals surface area (Å²) in [7, 11) is 5.53. The number of aliphatic carboxylic acids is 1. The maximum absolute atomic E-state index is 12.7. The van der Waals surface area contributed by atoms with Crippen LogP contribution in [-0.4, -0.2) is 80.6 Å². The Hall–Kier alpha value is -2.19. The molecule has 0 aromatic rings. The molecule has 0 aliphatic heterocycles. The van der Waals surface area contributed by atoms with Crippen molar-refractivity contribution in [3.8, 4) is 0 Å². The molecule has 0 aliphatic carbocycles. The molecule has 55 heavy (non-hydrogen) atoms. The summed E-state index contributed by atoms with van der Waals surface area (Å²) in [5.74, 6) is -1.47. The van der Waals surface area contributed by atoms with Gasteiger partial charge in [0.25, 0.3) is 0 Å². The number of carboxylic acids is 1. The number of hydrogen-bond acceptors (Lipinski definition) is 6. The minimum Gasteiger partial charge on any atom is -0.477 e. The standard InChI is InChI=1S/C47H87NO7/c1-6-8-10-12-14-16-18-20-21-22-23-24-26-28-30-32-34-36-38-46(50)55-43(41-53-40-39-44(47(51)52)48(3,4)5)42-54-45(49)37-35-33-31-29-27-25-19-17-15-13-11-9-7-2/h16,18,21-22,43-44H,6-15,17,19-20,23-42H2,1-5H3/p+1/b18-16-,22-21-. The molecular weight excluding hydrogens is 691 g/mol. The summed E-state index contributed by atoms with van der Waals surface area (Å²) in [6, 6.07) is -0.613. The molecule has 0 spiro atoms. The Morgan fingerprint density at radius 3 is 1.42 bits per heavy atom. The van der Waals surface area contributed by atoms with Crippen molar-refractivity contribution in [3.05, 3.63) is 24.3 Å². The number of carboxylic acid groups (broad SMARTS) is 1. The first-order valence-electron chi connectivity index (χ1n) is 22.9. The van der Waals surface area contributed by atoms with Crippen molar-refractivity contribution >= 4 is 17.9 Å². The van der Waals surface area contributed by atoms with Gasteiger partial charge < -0.3 is 23.8 Å². The highest BCUT2D eigenvalue weighted by Crippen LogP contribution is 2.15. The zero-order chi connectivity index (χ0) is 40.7. The van der Waals surface area contributed by atoms with Crippen LogP contribution in [0.4, 0.5) is 0 Å². The Balaban J connectivity index is 4.32. The van der Waals surface area contributed by atoms with Crippen LogP contribution in [-0.2, 0) is 28.6 Å². The molecular formula is C47H88NO7+. The lowest BCUT2D eigenvalue weighted by Crippen LogP contribution is -2.50. The van der Waals surface area contributed by atoms with Gasteiger partial charge in [0, 0.05) is 19.3 Å². The lowest BCUT2D eigenvalue weighted by Gasteiger charge is -2.31. The Bertz CT molecular complexity index is 957. The van der Waals surface area contributed by atoms with Gasteiger partial charge in [-0.25, -0.2) is 4.79 Å². The zero-order valence-corrected chi connectivity index (χ0v) is 36.6. The van der Waals surface area contributed by atoms with Crippen LogP contribution < -0.4 is 0 Å². The third-order valence-corrected chi connectivity index (χ3v) is 10.4. The van der Waals surface area contributed by atoms with Crippen molar-refractivity contribution in [3.63, 3.8) is 0 Å². The first-order chi connectivity index (χ1) is 26.6. The largest absolute Gasteiger partial charge is 0.477 e. The Kier molecular flexibility index (Phi) is 37.1. The number of ether oxygens (including phenoxy) is 3. The number of esters is 2. The molecule has 0 saturated carbocycles. The van der Waals surface area contributed by atoms with Crippen molar-refractivity contribution < 1.29 is 38.2 Å². The maximum atomic E-state index is 12.7. The summed E-state index contributed by atoms with van der Waals surface area (Å²) in [5, 5.41) is 9.62. The van der Waals surface area contributed by atoms with E-state index >= 15 is 0 Å². The van der Waals surface area contributed by atoms with E-state index in [0.717, 1.165) is 51.4 Å². The van der Waals surface area contributed by atoms with Crippen LogP contribution in [0.15, 0.2) is 24.3 Å². The molecule has 0 saturated heterocycles. The quantitative estimate of drug-likeness (QED) is 0.0285. The van der Waals surface area contributed by atoms with Gasteiger partial charge in [0.05, 0.1) is 34.4 Å². The second kappa shape index (κ2) is 38.7. The van der Waals surface area contributed by atoms with Gasteiger partial charge in [-0.05, 0) is 44.9 Å². The highest BCUT2D eigenvalue weighted by atomic mass is 16.6. The van der Waals surface area contributed by atoms with E-state index < -0.39 is 18.1 Å². The SMILES string of the molecule is CCCCCC/C=C\C/C=C\CCCCCCCCCC(=O)OC(COCCC(C(=O)O)[N+](C)(C)C)COC(=O)CCCCCCCCCCCCCCC. The minimum atomic E-state index is -0.875. The number of nitrogens with zero attached hydrogens (tertiary/aromatic N) is 1. The van der Waals surface area contributed by atoms with E-state index in [-0.39, 0.29) is 36.2 Å². The lowest BCUT2D eigenvalue weighted by atomic mass is 10.0. The molecule has 0 rings (SSSR count). The van der Waals surface area contributed by atoms with E-state index in [1.807, 2.05) is 21.1 Å². The molecule has 0 aromatic heterocycles. The van der Waals surface area contributed by atoms with Crippen LogP contribution in [0, 0.1) is 0 Å². The highest BCUT2D eigenvalue weighted by molar-refractivity contribution is 5.72. The second-order valence-corrected chi connectivity index (χ2v) is 16.7. The molecule has 2 unspecified atom stereocenters. The fourth-order valence-corrected chi connectivity index (χ4v) is 6.77. The van der Waals surface area contributed by atoms with Gasteiger partial charge in [0.2, 0.25) is 0 Å². The predicted molar refractivity (Wildman–Crippen MR) is 229 cm³/mol. The molecule has 322 valence electrons. The van der Waals surface area contributed by atoms with Gasteiger partial charge in [-0.3, -0.25) is 9.59 Å². The number of likely N-dealkylation sites (N-methyl/N-ethyl adjacent to an activating group) is 1. The summed E-state index contributed by atoms with van der Waals surface area (Å²) >= 11 is 0. The molecule has 8 nitrogen and oxygen atoms in total. The van der Waals surface area contributed by atoms with Crippen molar-refractivity contribution in [2.24, 2.45) is 0 Å². The van der Waals surface area contributed by atoms with Crippen molar-refractivity contribution in [2.45, 2.75) is 219 Å². The van der Waals surface area contributed by atoms with Gasteiger partial charge in [-0.1, -0.05) is 167 Å². The first kappa shape index (κ1) is 52.8. The predicted octanol–water partition coefficient (Wildman–Crippen LogP) is 12.5. The number of unbranched alkanes of at least 4 members (excludes halogenated alkanes) is 23. The molecule has 0 bridgehead atoms. The Labute approximate surface area is 339 Å². The summed E-state index contributed by atoms with van der Waals surface area (Å²) in [4.78, 5) is 37.0. The van der Waals surface area contributed by atoms with Gasteiger partial charge in [0.1, 0.15) is 6.61 Å². The van der Waals surface area contributed by atoms with E-state index in [2.05, 4.69) is 38.2 Å². The van der Waals surface area contributed by atoms with Gasteiger partial charge in [-0.15, -0.1) is 0 Å². The van der Waals surface area contributed by atoms with Gasteiger partial charge >= 0.3 is 17.9 Å². The fourth-order valence-electron chi connectivity index (χ4n) is 6.77. The summed E-state index contributed by atoms with van der Waals surface area (Å²) < 4.78 is 17.3. The third kappa shape index (κ3) is 37.2. The zero-order valence-electron chi connectivity index (χ0n) is 36.6. The topological polar surface area (TPSA) is 99.1 Å². The number of allylic oxidation sites excluding steroid dienone is 4. The molecule has 0 amide bonds. The Morgan fingerprint density at radius 2 is 0.964 bits per heavy atom. The van der Waals surface area contributed by atoms with Crippen LogP contribution in [0.5, 0.6) is 0 Å². The maximum Gasteiger partial charge on any atom is 0.362 e. The molecule has 0 radical (unpaired) electrons. The smallest absolute Gasteiger partial charge is 0.362 e. The molecule has 8 heteroatoms. The summed E-state index contributed by atoms with van der Waals surface area (Å²) in [6.45, 7) is 4.73. The van der Waals surface area contributed by atoms with Gasteiger partial charge in [-0.2, -0.15) is 0 Å². The molecule has 1 N–H and O–H groups in total. The summed E-state index contributed by atoms with van der Waals surface area (Å²) in [5.41, 5.74) is 0. The fraction of sp³-hybridized carbons (Fsp3) is 0.851. The second-order valence-electron chi connectivity index (χ2n) is 16.7. The first-order valence-corrected chi connectivity index (χ1v) is 22.9. The van der Waals surface area contributed by atoms with E-state index in [9.17, 15) is 19.5 Å². The number of rotatable bonds is 41. The molecule has 0 fully saturated rings. The number of quaternary nitrogens is 1. The van der Waals surface area contributed by atoms with Crippen LogP contribution in [0.25, 0.3) is 0 Å². The highest BCUT2D eigenvalue weighted by Gasteiger charge is 2.31.